The van der Waals surface area contributed by atoms with E-state index in [9.17, 15) is 14.7 Å². The van der Waals surface area contributed by atoms with Crippen LogP contribution in [0.5, 0.6) is 11.5 Å². The van der Waals surface area contributed by atoms with E-state index in [0.29, 0.717) is 42.4 Å². The maximum atomic E-state index is 14.4. The molecular weight excluding hydrogens is 596 g/mol. The summed E-state index contributed by atoms with van der Waals surface area (Å²) < 4.78 is 18.1. The second kappa shape index (κ2) is 17.7. The molecule has 0 radical (unpaired) electrons. The lowest BCUT2D eigenvalue weighted by Gasteiger charge is -2.36. The highest BCUT2D eigenvalue weighted by atomic mass is 16.5. The third kappa shape index (κ3) is 10.7. The number of nitrogens with one attached hydrogen (secondary N) is 2. The van der Waals surface area contributed by atoms with Gasteiger partial charge in [0, 0.05) is 43.5 Å². The number of methoxy groups -OCH3 is 1. The lowest BCUT2D eigenvalue weighted by molar-refractivity contribution is -0.0177. The zero-order chi connectivity index (χ0) is 33.8. The van der Waals surface area contributed by atoms with Gasteiger partial charge < -0.3 is 34.9 Å². The SMILES string of the molecule is COc1ccc(CN(C)C[C@H]2OCCCC[C@@H](C)Oc3ccc(NC(=O)Nc4ccccc4)cc3C(=O)N([C@@H](C)CO)C[C@@H]2C)cc1. The van der Waals surface area contributed by atoms with Crippen molar-refractivity contribution < 1.29 is 28.9 Å². The lowest BCUT2D eigenvalue weighted by atomic mass is 10.0. The van der Waals surface area contributed by atoms with E-state index in [0.717, 1.165) is 31.6 Å². The van der Waals surface area contributed by atoms with Crippen LogP contribution in [0.25, 0.3) is 0 Å². The number of hydrogen-bond donors (Lipinski definition) is 3. The molecule has 1 aliphatic heterocycles. The van der Waals surface area contributed by atoms with Gasteiger partial charge in [-0.05, 0) is 88.2 Å². The Bertz CT molecular complexity index is 1420. The number of fused-ring (bicyclic) bond motifs is 1. The van der Waals surface area contributed by atoms with Crippen LogP contribution in [0.1, 0.15) is 56.0 Å². The summed E-state index contributed by atoms with van der Waals surface area (Å²) in [5.74, 6) is 0.941. The number of ether oxygens (including phenoxy) is 3. The summed E-state index contributed by atoms with van der Waals surface area (Å²) >= 11 is 0. The first-order valence-corrected chi connectivity index (χ1v) is 16.5. The molecule has 254 valence electrons. The number of carbonyl (C=O) groups is 2. The molecule has 4 rings (SSSR count). The molecule has 1 heterocycles. The summed E-state index contributed by atoms with van der Waals surface area (Å²) in [4.78, 5) is 31.1. The predicted octanol–water partition coefficient (Wildman–Crippen LogP) is 6.27. The summed E-state index contributed by atoms with van der Waals surface area (Å²) in [5.41, 5.74) is 2.60. The van der Waals surface area contributed by atoms with Gasteiger partial charge in [-0.15, -0.1) is 0 Å². The maximum Gasteiger partial charge on any atom is 0.323 e. The number of hydrogen-bond acceptors (Lipinski definition) is 7. The van der Waals surface area contributed by atoms with Crippen LogP contribution in [0.4, 0.5) is 16.2 Å². The smallest absolute Gasteiger partial charge is 0.323 e. The summed E-state index contributed by atoms with van der Waals surface area (Å²) in [6.07, 6.45) is 2.32. The van der Waals surface area contributed by atoms with Crippen molar-refractivity contribution in [1.29, 1.82) is 0 Å². The summed E-state index contributed by atoms with van der Waals surface area (Å²) in [6, 6.07) is 21.4. The van der Waals surface area contributed by atoms with Gasteiger partial charge in [-0.25, -0.2) is 4.79 Å². The number of likely N-dealkylation sites (N-methyl/N-ethyl adjacent to an activating group) is 1. The number of rotatable bonds is 9. The van der Waals surface area contributed by atoms with E-state index in [2.05, 4.69) is 41.6 Å². The second-order valence-corrected chi connectivity index (χ2v) is 12.5. The molecule has 10 nitrogen and oxygen atoms in total. The Morgan fingerprint density at radius 1 is 1.04 bits per heavy atom. The van der Waals surface area contributed by atoms with Crippen molar-refractivity contribution in [2.45, 2.75) is 64.8 Å². The average Bonchev–Trinajstić information content (AvgIpc) is 3.06. The van der Waals surface area contributed by atoms with Gasteiger partial charge in [-0.1, -0.05) is 37.3 Å². The molecule has 3 amide bonds. The van der Waals surface area contributed by atoms with Gasteiger partial charge >= 0.3 is 6.03 Å². The van der Waals surface area contributed by atoms with Crippen LogP contribution in [-0.4, -0.2) is 85.6 Å². The number of amides is 3. The highest BCUT2D eigenvalue weighted by molar-refractivity contribution is 6.02. The van der Waals surface area contributed by atoms with Gasteiger partial charge in [0.25, 0.3) is 5.91 Å². The second-order valence-electron chi connectivity index (χ2n) is 12.5. The van der Waals surface area contributed by atoms with Gasteiger partial charge in [0.05, 0.1) is 37.5 Å². The van der Waals surface area contributed by atoms with Gasteiger partial charge in [-0.3, -0.25) is 9.69 Å². The van der Waals surface area contributed by atoms with Crippen molar-refractivity contribution in [2.75, 3.05) is 51.1 Å². The summed E-state index contributed by atoms with van der Waals surface area (Å²) in [7, 11) is 3.73. The van der Waals surface area contributed by atoms with Crippen LogP contribution in [0.3, 0.4) is 0 Å². The molecule has 0 spiro atoms. The molecule has 10 heteroatoms. The quantitative estimate of drug-likeness (QED) is 0.251. The fourth-order valence-corrected chi connectivity index (χ4v) is 5.69. The summed E-state index contributed by atoms with van der Waals surface area (Å²) in [6.45, 7) is 8.09. The minimum Gasteiger partial charge on any atom is -0.497 e. The Morgan fingerprint density at radius 3 is 2.47 bits per heavy atom. The van der Waals surface area contributed by atoms with Crippen molar-refractivity contribution in [2.24, 2.45) is 5.92 Å². The minimum absolute atomic E-state index is 0.0459. The van der Waals surface area contributed by atoms with Crippen molar-refractivity contribution >= 4 is 23.3 Å². The Kier molecular flexibility index (Phi) is 13.5. The lowest BCUT2D eigenvalue weighted by Crippen LogP contribution is -2.47. The van der Waals surface area contributed by atoms with Crippen LogP contribution >= 0.6 is 0 Å². The number of aliphatic hydroxyl groups is 1. The molecular formula is C37H50N4O6. The topological polar surface area (TPSA) is 113 Å². The Balaban J connectivity index is 1.57. The molecule has 1 aliphatic rings. The van der Waals surface area contributed by atoms with Crippen LogP contribution in [0, 0.1) is 5.92 Å². The Morgan fingerprint density at radius 2 is 1.77 bits per heavy atom. The highest BCUT2D eigenvalue weighted by Gasteiger charge is 2.30. The number of benzene rings is 3. The Labute approximate surface area is 279 Å². The van der Waals surface area contributed by atoms with Gasteiger partial charge in [0.1, 0.15) is 11.5 Å². The molecule has 0 aliphatic carbocycles. The van der Waals surface area contributed by atoms with Gasteiger partial charge in [-0.2, -0.15) is 0 Å². The van der Waals surface area contributed by atoms with Gasteiger partial charge in [0.2, 0.25) is 0 Å². The number of anilines is 2. The zero-order valence-corrected chi connectivity index (χ0v) is 28.3. The van der Waals surface area contributed by atoms with E-state index >= 15 is 0 Å². The first-order valence-electron chi connectivity index (χ1n) is 16.5. The van der Waals surface area contributed by atoms with E-state index in [1.807, 2.05) is 44.2 Å². The number of urea groups is 1. The molecule has 4 atom stereocenters. The van der Waals surface area contributed by atoms with Crippen LogP contribution in [0.15, 0.2) is 72.8 Å². The van der Waals surface area contributed by atoms with Crippen molar-refractivity contribution in [3.05, 3.63) is 83.9 Å². The van der Waals surface area contributed by atoms with Crippen molar-refractivity contribution in [3.63, 3.8) is 0 Å². The molecule has 3 aromatic rings. The van der Waals surface area contributed by atoms with Crippen LogP contribution < -0.4 is 20.1 Å². The third-order valence-electron chi connectivity index (χ3n) is 8.44. The average molecular weight is 647 g/mol. The zero-order valence-electron chi connectivity index (χ0n) is 28.3. The van der Waals surface area contributed by atoms with E-state index in [-0.39, 0.29) is 30.6 Å². The molecule has 0 saturated carbocycles. The monoisotopic (exact) mass is 646 g/mol. The molecule has 0 bridgehead atoms. The third-order valence-corrected chi connectivity index (χ3v) is 8.44. The van der Waals surface area contributed by atoms with Crippen molar-refractivity contribution in [3.8, 4) is 11.5 Å². The van der Waals surface area contributed by atoms with E-state index in [1.165, 1.54) is 5.56 Å². The first-order chi connectivity index (χ1) is 22.7. The molecule has 0 saturated heterocycles. The fourth-order valence-electron chi connectivity index (χ4n) is 5.69. The van der Waals surface area contributed by atoms with Gasteiger partial charge in [0.15, 0.2) is 0 Å². The fraction of sp³-hybridized carbons (Fsp3) is 0.459. The maximum absolute atomic E-state index is 14.4. The van der Waals surface area contributed by atoms with Crippen LogP contribution in [-0.2, 0) is 11.3 Å². The van der Waals surface area contributed by atoms with E-state index < -0.39 is 12.1 Å². The minimum atomic E-state index is -0.459. The molecule has 0 fully saturated rings. The normalized spacial score (nSPS) is 20.0. The molecule has 0 aromatic heterocycles. The first kappa shape index (κ1) is 35.7. The van der Waals surface area contributed by atoms with Crippen molar-refractivity contribution in [1.82, 2.24) is 9.80 Å². The Hall–Kier alpha value is -4.12. The molecule has 0 unspecified atom stereocenters. The van der Waals surface area contributed by atoms with Crippen LogP contribution in [0.2, 0.25) is 0 Å². The number of nitrogens with zero attached hydrogens (tertiary/aromatic N) is 2. The molecule has 47 heavy (non-hydrogen) atoms. The van der Waals surface area contributed by atoms with E-state index in [4.69, 9.17) is 14.2 Å². The highest BCUT2D eigenvalue weighted by Crippen LogP contribution is 2.29. The largest absolute Gasteiger partial charge is 0.497 e. The summed E-state index contributed by atoms with van der Waals surface area (Å²) in [5, 5.41) is 15.9. The molecule has 3 aromatic carbocycles. The number of aliphatic hydroxyl groups excluding tert-OH is 1. The number of para-hydroxylation sites is 1. The van der Waals surface area contributed by atoms with E-state index in [1.54, 1.807) is 42.3 Å². The standard InChI is InChI=1S/C37H50N4O6/c1-26-22-41(27(2)25-42)36(43)33-21-31(39-37(44)38-30-12-7-6-8-13-30)16-19-34(33)47-28(3)11-9-10-20-46-35(26)24-40(4)23-29-14-17-32(45-5)18-15-29/h6-8,12-19,21,26-28,35,42H,9-11,20,22-25H2,1-5H3,(H2,38,39,44)/t26-,27-,28+,35+/m0/s1. The molecule has 3 N–H and O–H groups in total. The predicted molar refractivity (Wildman–Crippen MR) is 185 cm³/mol. The number of carbonyl (C=O) groups excluding carboxylic acids is 2.